The zero-order chi connectivity index (χ0) is 14.1. The number of hydrogen-bond donors (Lipinski definition) is 2. The van der Waals surface area contributed by atoms with Crippen LogP contribution in [-0.4, -0.2) is 41.1 Å². The van der Waals surface area contributed by atoms with Gasteiger partial charge in [0.2, 0.25) is 0 Å². The van der Waals surface area contributed by atoms with Gasteiger partial charge in [0.05, 0.1) is 0 Å². The molecule has 1 heterocycles. The molecule has 2 amide bonds. The molecule has 0 radical (unpaired) electrons. The number of urea groups is 1. The number of nitrogens with one attached hydrogen (secondary N) is 1. The van der Waals surface area contributed by atoms with Gasteiger partial charge < -0.3 is 15.3 Å². The van der Waals surface area contributed by atoms with E-state index in [-0.39, 0.29) is 11.9 Å². The molecule has 1 aliphatic heterocycles. The number of rotatable bonds is 3. The van der Waals surface area contributed by atoms with Crippen LogP contribution in [0.5, 0.6) is 0 Å². The molecule has 5 heteroatoms. The summed E-state index contributed by atoms with van der Waals surface area (Å²) < 4.78 is 0. The van der Waals surface area contributed by atoms with Crippen LogP contribution in [0.2, 0.25) is 0 Å². The van der Waals surface area contributed by atoms with Crippen molar-refractivity contribution in [1.29, 1.82) is 0 Å². The molecule has 0 aromatic rings. The highest BCUT2D eigenvalue weighted by Crippen LogP contribution is 2.36. The maximum atomic E-state index is 12.3. The van der Waals surface area contributed by atoms with E-state index >= 15 is 0 Å². The van der Waals surface area contributed by atoms with Crippen LogP contribution in [0.1, 0.15) is 44.9 Å². The van der Waals surface area contributed by atoms with Crippen molar-refractivity contribution in [3.63, 3.8) is 0 Å². The Morgan fingerprint density at radius 1 is 1.05 bits per heavy atom. The first-order valence-electron chi connectivity index (χ1n) is 7.93. The number of carboxylic acid groups (broad SMARTS) is 1. The smallest absolute Gasteiger partial charge is 0.326 e. The molecule has 0 aromatic heterocycles. The van der Waals surface area contributed by atoms with Gasteiger partial charge in [0.15, 0.2) is 0 Å². The lowest BCUT2D eigenvalue weighted by atomic mass is 9.75. The number of amides is 2. The van der Waals surface area contributed by atoms with E-state index in [2.05, 4.69) is 5.32 Å². The molecule has 0 aromatic carbocycles. The SMILES string of the molecule is O=C(O)C(NC(=O)N1CCC2CCCCC2C1)C1CC1. The van der Waals surface area contributed by atoms with E-state index in [1.54, 1.807) is 0 Å². The lowest BCUT2D eigenvalue weighted by Crippen LogP contribution is -2.53. The van der Waals surface area contributed by atoms with Gasteiger partial charge in [-0.05, 0) is 43.4 Å². The molecule has 0 bridgehead atoms. The third-order valence-corrected chi connectivity index (χ3v) is 5.22. The molecule has 3 unspecified atom stereocenters. The van der Waals surface area contributed by atoms with Gasteiger partial charge in [-0.3, -0.25) is 0 Å². The number of carbonyl (C=O) groups is 2. The predicted molar refractivity (Wildman–Crippen MR) is 74.3 cm³/mol. The molecule has 2 aliphatic carbocycles. The van der Waals surface area contributed by atoms with Crippen LogP contribution in [0.3, 0.4) is 0 Å². The van der Waals surface area contributed by atoms with Crippen LogP contribution in [0.15, 0.2) is 0 Å². The van der Waals surface area contributed by atoms with Crippen molar-refractivity contribution in [1.82, 2.24) is 10.2 Å². The van der Waals surface area contributed by atoms with Crippen LogP contribution in [0.4, 0.5) is 4.79 Å². The van der Waals surface area contributed by atoms with Crippen LogP contribution in [0, 0.1) is 17.8 Å². The average Bonchev–Trinajstić information content (AvgIpc) is 3.28. The Bertz CT molecular complexity index is 395. The summed E-state index contributed by atoms with van der Waals surface area (Å²) in [4.78, 5) is 25.3. The first-order valence-corrected chi connectivity index (χ1v) is 7.93. The minimum absolute atomic E-state index is 0.142. The largest absolute Gasteiger partial charge is 0.480 e. The van der Waals surface area contributed by atoms with Crippen LogP contribution < -0.4 is 5.32 Å². The quantitative estimate of drug-likeness (QED) is 0.831. The minimum Gasteiger partial charge on any atom is -0.480 e. The van der Waals surface area contributed by atoms with E-state index in [0.717, 1.165) is 38.3 Å². The van der Waals surface area contributed by atoms with Crippen molar-refractivity contribution in [3.8, 4) is 0 Å². The van der Waals surface area contributed by atoms with Gasteiger partial charge >= 0.3 is 12.0 Å². The average molecular weight is 280 g/mol. The summed E-state index contributed by atoms with van der Waals surface area (Å²) in [6.45, 7) is 1.59. The molecule has 2 N–H and O–H groups in total. The molecule has 112 valence electrons. The van der Waals surface area contributed by atoms with Gasteiger partial charge in [-0.1, -0.05) is 19.3 Å². The Morgan fingerprint density at radius 2 is 1.75 bits per heavy atom. The highest BCUT2D eigenvalue weighted by molar-refractivity contribution is 5.83. The fourth-order valence-corrected chi connectivity index (χ4v) is 3.82. The number of hydrogen-bond acceptors (Lipinski definition) is 2. The Balaban J connectivity index is 1.55. The van der Waals surface area contributed by atoms with Gasteiger partial charge in [-0.25, -0.2) is 9.59 Å². The summed E-state index contributed by atoms with van der Waals surface area (Å²) in [5, 5.41) is 11.9. The number of nitrogens with zero attached hydrogens (tertiary/aromatic N) is 1. The highest BCUT2D eigenvalue weighted by atomic mass is 16.4. The first-order chi connectivity index (χ1) is 9.65. The Kier molecular flexibility index (Phi) is 3.85. The van der Waals surface area contributed by atoms with E-state index in [1.165, 1.54) is 25.7 Å². The van der Waals surface area contributed by atoms with Crippen LogP contribution in [0.25, 0.3) is 0 Å². The van der Waals surface area contributed by atoms with E-state index in [4.69, 9.17) is 0 Å². The number of piperidine rings is 1. The van der Waals surface area contributed by atoms with Gasteiger partial charge in [-0.2, -0.15) is 0 Å². The topological polar surface area (TPSA) is 69.6 Å². The standard InChI is InChI=1S/C15H24N2O3/c18-14(19)13(11-5-6-11)16-15(20)17-8-7-10-3-1-2-4-12(10)9-17/h10-13H,1-9H2,(H,16,20)(H,18,19). The molecule has 3 aliphatic rings. The second-order valence-electron chi connectivity index (χ2n) is 6.64. The van der Waals surface area contributed by atoms with E-state index in [0.29, 0.717) is 5.92 Å². The molecule has 3 fully saturated rings. The number of aliphatic carboxylic acids is 1. The van der Waals surface area contributed by atoms with Crippen molar-refractivity contribution in [2.75, 3.05) is 13.1 Å². The summed E-state index contributed by atoms with van der Waals surface area (Å²) in [6.07, 6.45) is 8.05. The summed E-state index contributed by atoms with van der Waals surface area (Å²) in [5.41, 5.74) is 0. The Hall–Kier alpha value is -1.26. The van der Waals surface area contributed by atoms with Crippen molar-refractivity contribution < 1.29 is 14.7 Å². The minimum atomic E-state index is -0.895. The first kappa shape index (κ1) is 13.7. The summed E-state index contributed by atoms with van der Waals surface area (Å²) in [7, 11) is 0. The lowest BCUT2D eigenvalue weighted by Gasteiger charge is -2.41. The zero-order valence-electron chi connectivity index (χ0n) is 11.9. The second-order valence-corrected chi connectivity index (χ2v) is 6.64. The molecular weight excluding hydrogens is 256 g/mol. The molecular formula is C15H24N2O3. The Labute approximate surface area is 119 Å². The molecule has 3 rings (SSSR count). The molecule has 20 heavy (non-hydrogen) atoms. The lowest BCUT2D eigenvalue weighted by molar-refractivity contribution is -0.139. The number of fused-ring (bicyclic) bond motifs is 1. The Morgan fingerprint density at radius 3 is 2.40 bits per heavy atom. The maximum Gasteiger partial charge on any atom is 0.326 e. The van der Waals surface area contributed by atoms with Crippen molar-refractivity contribution in [3.05, 3.63) is 0 Å². The molecule has 3 atom stereocenters. The van der Waals surface area contributed by atoms with Gasteiger partial charge in [0.25, 0.3) is 0 Å². The monoisotopic (exact) mass is 280 g/mol. The van der Waals surface area contributed by atoms with Crippen molar-refractivity contribution in [2.24, 2.45) is 17.8 Å². The third kappa shape index (κ3) is 2.91. The summed E-state index contributed by atoms with van der Waals surface area (Å²) in [6, 6.07) is -0.861. The van der Waals surface area contributed by atoms with E-state index in [9.17, 15) is 14.7 Å². The predicted octanol–water partition coefficient (Wildman–Crippen LogP) is 2.07. The fourth-order valence-electron chi connectivity index (χ4n) is 3.82. The van der Waals surface area contributed by atoms with Crippen LogP contribution >= 0.6 is 0 Å². The van der Waals surface area contributed by atoms with Gasteiger partial charge in [-0.15, -0.1) is 0 Å². The third-order valence-electron chi connectivity index (χ3n) is 5.22. The van der Waals surface area contributed by atoms with Gasteiger partial charge in [0.1, 0.15) is 6.04 Å². The summed E-state index contributed by atoms with van der Waals surface area (Å²) >= 11 is 0. The second kappa shape index (κ2) is 5.62. The maximum absolute atomic E-state index is 12.3. The van der Waals surface area contributed by atoms with E-state index in [1.807, 2.05) is 4.90 Å². The van der Waals surface area contributed by atoms with Crippen molar-refractivity contribution in [2.45, 2.75) is 51.0 Å². The van der Waals surface area contributed by atoms with Crippen molar-refractivity contribution >= 4 is 12.0 Å². The van der Waals surface area contributed by atoms with Gasteiger partial charge in [0, 0.05) is 13.1 Å². The van der Waals surface area contributed by atoms with E-state index < -0.39 is 12.0 Å². The molecule has 2 saturated carbocycles. The van der Waals surface area contributed by atoms with Crippen LogP contribution in [-0.2, 0) is 4.79 Å². The fraction of sp³-hybridized carbons (Fsp3) is 0.867. The number of carboxylic acids is 1. The molecule has 5 nitrogen and oxygen atoms in total. The summed E-state index contributed by atoms with van der Waals surface area (Å²) in [5.74, 6) is 0.663. The zero-order valence-corrected chi connectivity index (χ0v) is 11.9. The highest BCUT2D eigenvalue weighted by Gasteiger charge is 2.39. The molecule has 0 spiro atoms. The number of carbonyl (C=O) groups excluding carboxylic acids is 1. The molecule has 1 saturated heterocycles. The normalized spacial score (nSPS) is 31.3. The number of likely N-dealkylation sites (tertiary alicyclic amines) is 1.